The van der Waals surface area contributed by atoms with Gasteiger partial charge in [0, 0.05) is 6.54 Å². The fourth-order valence-corrected chi connectivity index (χ4v) is 3.07. The largest absolute Gasteiger partial charge is 0.494 e. The number of rotatable bonds is 6. The molecule has 24 heavy (non-hydrogen) atoms. The molecule has 0 bridgehead atoms. The van der Waals surface area contributed by atoms with Crippen molar-refractivity contribution in [2.45, 2.75) is 19.4 Å². The van der Waals surface area contributed by atoms with Crippen molar-refractivity contribution in [1.29, 1.82) is 0 Å². The first-order valence-corrected chi connectivity index (χ1v) is 8.56. The Morgan fingerprint density at radius 1 is 1.17 bits per heavy atom. The van der Waals surface area contributed by atoms with E-state index in [1.54, 1.807) is 0 Å². The van der Waals surface area contributed by atoms with Crippen molar-refractivity contribution in [1.82, 2.24) is 10.6 Å². The predicted molar refractivity (Wildman–Crippen MR) is 95.0 cm³/mol. The Morgan fingerprint density at radius 2 is 1.88 bits per heavy atom. The number of ether oxygens (including phenoxy) is 1. The molecule has 1 fully saturated rings. The van der Waals surface area contributed by atoms with E-state index in [1.807, 2.05) is 61.5 Å². The molecule has 2 aromatic carbocycles. The Bertz CT molecular complexity index is 649. The van der Waals surface area contributed by atoms with Gasteiger partial charge in [-0.05, 0) is 43.1 Å². The SMILES string of the molecule is CCOc1ccc([C@@H](NC(=O)[C@@H]2CCNC2)c2ccccc2)cc1. The minimum atomic E-state index is -0.144. The molecule has 2 aromatic rings. The first-order chi connectivity index (χ1) is 11.8. The molecule has 2 N–H and O–H groups in total. The second kappa shape index (κ2) is 7.97. The lowest BCUT2D eigenvalue weighted by atomic mass is 9.97. The topological polar surface area (TPSA) is 50.4 Å². The Balaban J connectivity index is 1.83. The summed E-state index contributed by atoms with van der Waals surface area (Å²) in [7, 11) is 0. The third-order valence-corrected chi connectivity index (χ3v) is 4.38. The molecular formula is C20H24N2O2. The van der Waals surface area contributed by atoms with Crippen LogP contribution in [0.4, 0.5) is 0 Å². The third kappa shape index (κ3) is 3.95. The van der Waals surface area contributed by atoms with Crippen molar-refractivity contribution in [3.63, 3.8) is 0 Å². The molecule has 1 aliphatic rings. The fourth-order valence-electron chi connectivity index (χ4n) is 3.07. The molecule has 0 unspecified atom stereocenters. The van der Waals surface area contributed by atoms with E-state index in [0.717, 1.165) is 36.4 Å². The number of carbonyl (C=O) groups excluding carboxylic acids is 1. The summed E-state index contributed by atoms with van der Waals surface area (Å²) >= 11 is 0. The molecule has 0 aliphatic carbocycles. The minimum Gasteiger partial charge on any atom is -0.494 e. The number of hydrogen-bond acceptors (Lipinski definition) is 3. The smallest absolute Gasteiger partial charge is 0.225 e. The molecule has 1 heterocycles. The van der Waals surface area contributed by atoms with Crippen molar-refractivity contribution >= 4 is 5.91 Å². The Hall–Kier alpha value is -2.33. The van der Waals surface area contributed by atoms with Gasteiger partial charge in [0.25, 0.3) is 0 Å². The fraction of sp³-hybridized carbons (Fsp3) is 0.350. The lowest BCUT2D eigenvalue weighted by Crippen LogP contribution is -2.35. The van der Waals surface area contributed by atoms with E-state index in [2.05, 4.69) is 10.6 Å². The summed E-state index contributed by atoms with van der Waals surface area (Å²) < 4.78 is 5.51. The monoisotopic (exact) mass is 324 g/mol. The van der Waals surface area contributed by atoms with E-state index in [-0.39, 0.29) is 17.9 Å². The summed E-state index contributed by atoms with van der Waals surface area (Å²) in [6.07, 6.45) is 0.899. The molecule has 0 spiro atoms. The zero-order chi connectivity index (χ0) is 16.8. The highest BCUT2D eigenvalue weighted by Crippen LogP contribution is 2.25. The molecule has 0 aromatic heterocycles. The number of hydrogen-bond donors (Lipinski definition) is 2. The van der Waals surface area contributed by atoms with Crippen LogP contribution in [0, 0.1) is 5.92 Å². The molecule has 1 saturated heterocycles. The van der Waals surface area contributed by atoms with E-state index < -0.39 is 0 Å². The van der Waals surface area contributed by atoms with E-state index in [0.29, 0.717) is 6.61 Å². The van der Waals surface area contributed by atoms with Crippen LogP contribution in [0.25, 0.3) is 0 Å². The maximum Gasteiger partial charge on any atom is 0.225 e. The van der Waals surface area contributed by atoms with Crippen LogP contribution in [0.15, 0.2) is 54.6 Å². The van der Waals surface area contributed by atoms with Crippen LogP contribution in [0.3, 0.4) is 0 Å². The maximum absolute atomic E-state index is 12.6. The number of carbonyl (C=O) groups is 1. The van der Waals surface area contributed by atoms with E-state index in [1.165, 1.54) is 0 Å². The molecule has 126 valence electrons. The zero-order valence-corrected chi connectivity index (χ0v) is 14.0. The summed E-state index contributed by atoms with van der Waals surface area (Å²) in [5, 5.41) is 6.47. The standard InChI is InChI=1S/C20H24N2O2/c1-2-24-18-10-8-16(9-11-18)19(15-6-4-3-5-7-15)22-20(23)17-12-13-21-14-17/h3-11,17,19,21H,2,12-14H2,1H3,(H,22,23)/t17-,19+/m1/s1. The highest BCUT2D eigenvalue weighted by molar-refractivity contribution is 5.80. The van der Waals surface area contributed by atoms with Crippen molar-refractivity contribution in [3.8, 4) is 5.75 Å². The van der Waals surface area contributed by atoms with Crippen molar-refractivity contribution < 1.29 is 9.53 Å². The predicted octanol–water partition coefficient (Wildman–Crippen LogP) is 2.90. The molecular weight excluding hydrogens is 300 g/mol. The summed E-state index contributed by atoms with van der Waals surface area (Å²) in [4.78, 5) is 12.6. The molecule has 0 saturated carbocycles. The quantitative estimate of drug-likeness (QED) is 0.859. The number of nitrogens with one attached hydrogen (secondary N) is 2. The van der Waals surface area contributed by atoms with Crippen LogP contribution in [0.5, 0.6) is 5.75 Å². The second-order valence-electron chi connectivity index (χ2n) is 6.04. The number of amides is 1. The Labute approximate surface area is 143 Å². The summed E-state index contributed by atoms with van der Waals surface area (Å²) in [6.45, 7) is 4.29. The van der Waals surface area contributed by atoms with Crippen LogP contribution in [0.2, 0.25) is 0 Å². The third-order valence-electron chi connectivity index (χ3n) is 4.38. The minimum absolute atomic E-state index is 0.0545. The first kappa shape index (κ1) is 16.5. The van der Waals surface area contributed by atoms with Gasteiger partial charge >= 0.3 is 0 Å². The van der Waals surface area contributed by atoms with Gasteiger partial charge in [0.05, 0.1) is 18.6 Å². The van der Waals surface area contributed by atoms with Gasteiger partial charge in [-0.1, -0.05) is 42.5 Å². The summed E-state index contributed by atoms with van der Waals surface area (Å²) in [5.74, 6) is 1.01. The van der Waals surface area contributed by atoms with Gasteiger partial charge in [0.1, 0.15) is 5.75 Å². The van der Waals surface area contributed by atoms with E-state index in [9.17, 15) is 4.79 Å². The molecule has 3 rings (SSSR count). The van der Waals surface area contributed by atoms with Gasteiger partial charge in [0.2, 0.25) is 5.91 Å². The molecule has 4 nitrogen and oxygen atoms in total. The normalized spacial score (nSPS) is 18.1. The zero-order valence-electron chi connectivity index (χ0n) is 14.0. The summed E-state index contributed by atoms with van der Waals surface area (Å²) in [6, 6.07) is 17.9. The Morgan fingerprint density at radius 3 is 2.50 bits per heavy atom. The highest BCUT2D eigenvalue weighted by Gasteiger charge is 2.25. The van der Waals surface area contributed by atoms with Crippen molar-refractivity contribution in [2.75, 3.05) is 19.7 Å². The van der Waals surface area contributed by atoms with Crippen molar-refractivity contribution in [2.24, 2.45) is 5.92 Å². The summed E-state index contributed by atoms with van der Waals surface area (Å²) in [5.41, 5.74) is 2.14. The van der Waals surface area contributed by atoms with Crippen LogP contribution >= 0.6 is 0 Å². The average Bonchev–Trinajstić information content (AvgIpc) is 3.16. The average molecular weight is 324 g/mol. The highest BCUT2D eigenvalue weighted by atomic mass is 16.5. The van der Waals surface area contributed by atoms with Crippen LogP contribution in [-0.4, -0.2) is 25.6 Å². The van der Waals surface area contributed by atoms with Crippen LogP contribution in [-0.2, 0) is 4.79 Å². The Kier molecular flexibility index (Phi) is 5.49. The molecule has 1 amide bonds. The van der Waals surface area contributed by atoms with Crippen molar-refractivity contribution in [3.05, 3.63) is 65.7 Å². The lowest BCUT2D eigenvalue weighted by molar-refractivity contribution is -0.124. The molecule has 0 radical (unpaired) electrons. The number of benzene rings is 2. The van der Waals surface area contributed by atoms with E-state index >= 15 is 0 Å². The molecule has 4 heteroatoms. The van der Waals surface area contributed by atoms with Gasteiger partial charge in [-0.25, -0.2) is 0 Å². The first-order valence-electron chi connectivity index (χ1n) is 8.56. The van der Waals surface area contributed by atoms with Gasteiger partial charge in [0.15, 0.2) is 0 Å². The van der Waals surface area contributed by atoms with Crippen LogP contribution < -0.4 is 15.4 Å². The van der Waals surface area contributed by atoms with Gasteiger partial charge < -0.3 is 15.4 Å². The van der Waals surface area contributed by atoms with Gasteiger partial charge in [-0.15, -0.1) is 0 Å². The van der Waals surface area contributed by atoms with Gasteiger partial charge in [-0.2, -0.15) is 0 Å². The molecule has 1 aliphatic heterocycles. The van der Waals surface area contributed by atoms with Crippen LogP contribution in [0.1, 0.15) is 30.5 Å². The molecule has 2 atom stereocenters. The second-order valence-corrected chi connectivity index (χ2v) is 6.04. The lowest BCUT2D eigenvalue weighted by Gasteiger charge is -2.22. The van der Waals surface area contributed by atoms with E-state index in [4.69, 9.17) is 4.74 Å². The maximum atomic E-state index is 12.6. The van der Waals surface area contributed by atoms with Gasteiger partial charge in [-0.3, -0.25) is 4.79 Å².